The Morgan fingerprint density at radius 2 is 1.65 bits per heavy atom. The van der Waals surface area contributed by atoms with Crippen molar-refractivity contribution in [1.82, 2.24) is 4.98 Å². The molecule has 1 aromatic carbocycles. The second kappa shape index (κ2) is 5.67. The summed E-state index contributed by atoms with van der Waals surface area (Å²) < 4.78 is 0. The molecule has 2 rings (SSSR count). The molecule has 0 N–H and O–H groups in total. The summed E-state index contributed by atoms with van der Waals surface area (Å²) >= 11 is 0. The van der Waals surface area contributed by atoms with E-state index in [0.29, 0.717) is 6.71 Å². The standard InChI is InChI=1S/C15H18BN/c1-3-16(4-2)15-7-5-6-14(12-15)13-8-10-17-11-9-13/h5-12H,3-4H2,1-2H3. The molecule has 0 saturated heterocycles. The van der Waals surface area contributed by atoms with Crippen LogP contribution in [0.5, 0.6) is 0 Å². The minimum atomic E-state index is 0.678. The third-order valence-corrected chi connectivity index (χ3v) is 3.36. The van der Waals surface area contributed by atoms with E-state index in [9.17, 15) is 0 Å². The summed E-state index contributed by atoms with van der Waals surface area (Å²) in [5.41, 5.74) is 3.98. The van der Waals surface area contributed by atoms with Crippen molar-refractivity contribution >= 4 is 12.2 Å². The number of hydrogen-bond donors (Lipinski definition) is 0. The summed E-state index contributed by atoms with van der Waals surface area (Å²) in [5, 5.41) is 0. The minimum Gasteiger partial charge on any atom is -0.265 e. The summed E-state index contributed by atoms with van der Waals surface area (Å²) in [7, 11) is 0. The fourth-order valence-electron chi connectivity index (χ4n) is 2.28. The van der Waals surface area contributed by atoms with E-state index in [2.05, 4.69) is 55.2 Å². The molecule has 0 atom stereocenters. The summed E-state index contributed by atoms with van der Waals surface area (Å²) in [6, 6.07) is 13.0. The topological polar surface area (TPSA) is 12.9 Å². The molecule has 1 aromatic heterocycles. The van der Waals surface area contributed by atoms with Gasteiger partial charge in [0.1, 0.15) is 0 Å². The molecular formula is C15H18BN. The molecule has 0 aliphatic carbocycles. The highest BCUT2D eigenvalue weighted by Crippen LogP contribution is 2.17. The molecule has 0 aliphatic rings. The fraction of sp³-hybridized carbons (Fsp3) is 0.267. The largest absolute Gasteiger partial charge is 0.265 e. The summed E-state index contributed by atoms with van der Waals surface area (Å²) in [5.74, 6) is 0. The number of benzene rings is 1. The van der Waals surface area contributed by atoms with Gasteiger partial charge in [-0.1, -0.05) is 56.2 Å². The Hall–Kier alpha value is -1.57. The van der Waals surface area contributed by atoms with Gasteiger partial charge in [0.15, 0.2) is 6.71 Å². The maximum Gasteiger partial charge on any atom is 0.175 e. The van der Waals surface area contributed by atoms with Crippen molar-refractivity contribution in [3.63, 3.8) is 0 Å². The van der Waals surface area contributed by atoms with Crippen molar-refractivity contribution in [2.24, 2.45) is 0 Å². The monoisotopic (exact) mass is 223 g/mol. The van der Waals surface area contributed by atoms with Gasteiger partial charge in [-0.25, -0.2) is 0 Å². The SMILES string of the molecule is CCB(CC)c1cccc(-c2ccncc2)c1. The van der Waals surface area contributed by atoms with Gasteiger partial charge in [-0.05, 0) is 23.3 Å². The van der Waals surface area contributed by atoms with Crippen LogP contribution < -0.4 is 5.46 Å². The highest BCUT2D eigenvalue weighted by atomic mass is 14.6. The van der Waals surface area contributed by atoms with Gasteiger partial charge in [-0.15, -0.1) is 0 Å². The summed E-state index contributed by atoms with van der Waals surface area (Å²) in [6.07, 6.45) is 6.10. The zero-order valence-corrected chi connectivity index (χ0v) is 10.6. The lowest BCUT2D eigenvalue weighted by molar-refractivity contribution is 1.32. The first-order valence-electron chi connectivity index (χ1n) is 6.35. The highest BCUT2D eigenvalue weighted by molar-refractivity contribution is 6.73. The van der Waals surface area contributed by atoms with E-state index in [0.717, 1.165) is 0 Å². The fourth-order valence-corrected chi connectivity index (χ4v) is 2.28. The van der Waals surface area contributed by atoms with E-state index in [1.807, 2.05) is 12.4 Å². The second-order valence-electron chi connectivity index (χ2n) is 4.37. The van der Waals surface area contributed by atoms with Crippen molar-refractivity contribution in [3.8, 4) is 11.1 Å². The maximum absolute atomic E-state index is 4.06. The minimum absolute atomic E-state index is 0.678. The average Bonchev–Trinajstić information content (AvgIpc) is 2.42. The molecule has 17 heavy (non-hydrogen) atoms. The van der Waals surface area contributed by atoms with E-state index >= 15 is 0 Å². The van der Waals surface area contributed by atoms with Crippen molar-refractivity contribution in [2.75, 3.05) is 0 Å². The van der Waals surface area contributed by atoms with Gasteiger partial charge in [-0.3, -0.25) is 4.98 Å². The lowest BCUT2D eigenvalue weighted by atomic mass is 9.41. The first kappa shape index (κ1) is 11.9. The Kier molecular flexibility index (Phi) is 3.97. The number of nitrogens with zero attached hydrogens (tertiary/aromatic N) is 1. The maximum atomic E-state index is 4.06. The van der Waals surface area contributed by atoms with Gasteiger partial charge in [0, 0.05) is 12.4 Å². The molecule has 1 heterocycles. The summed E-state index contributed by atoms with van der Waals surface area (Å²) in [6.45, 7) is 5.19. The van der Waals surface area contributed by atoms with Crippen LogP contribution in [0.1, 0.15) is 13.8 Å². The van der Waals surface area contributed by atoms with E-state index in [4.69, 9.17) is 0 Å². The molecule has 1 nitrogen and oxygen atoms in total. The molecule has 86 valence electrons. The van der Waals surface area contributed by atoms with Crippen molar-refractivity contribution in [2.45, 2.75) is 26.5 Å². The van der Waals surface area contributed by atoms with E-state index in [-0.39, 0.29) is 0 Å². The molecule has 0 saturated carbocycles. The third kappa shape index (κ3) is 2.76. The number of rotatable bonds is 4. The van der Waals surface area contributed by atoms with Crippen molar-refractivity contribution < 1.29 is 0 Å². The lowest BCUT2D eigenvalue weighted by Gasteiger charge is -2.11. The van der Waals surface area contributed by atoms with Crippen LogP contribution in [0.2, 0.25) is 12.6 Å². The zero-order chi connectivity index (χ0) is 12.1. The second-order valence-corrected chi connectivity index (χ2v) is 4.37. The van der Waals surface area contributed by atoms with Crippen LogP contribution in [0.25, 0.3) is 11.1 Å². The normalized spacial score (nSPS) is 10.2. The van der Waals surface area contributed by atoms with Crippen molar-refractivity contribution in [1.29, 1.82) is 0 Å². The smallest absolute Gasteiger partial charge is 0.175 e. The van der Waals surface area contributed by atoms with Crippen LogP contribution in [0.3, 0.4) is 0 Å². The van der Waals surface area contributed by atoms with Crippen LogP contribution in [-0.2, 0) is 0 Å². The Morgan fingerprint density at radius 3 is 2.29 bits per heavy atom. The molecule has 0 radical (unpaired) electrons. The van der Waals surface area contributed by atoms with E-state index < -0.39 is 0 Å². The number of aromatic nitrogens is 1. The van der Waals surface area contributed by atoms with Crippen LogP contribution in [0, 0.1) is 0 Å². The molecule has 0 amide bonds. The zero-order valence-electron chi connectivity index (χ0n) is 10.6. The lowest BCUT2D eigenvalue weighted by Crippen LogP contribution is -2.27. The molecule has 0 aliphatic heterocycles. The Morgan fingerprint density at radius 1 is 0.941 bits per heavy atom. The van der Waals surface area contributed by atoms with Crippen LogP contribution in [-0.4, -0.2) is 11.7 Å². The van der Waals surface area contributed by atoms with Crippen LogP contribution >= 0.6 is 0 Å². The molecular weight excluding hydrogens is 205 g/mol. The summed E-state index contributed by atoms with van der Waals surface area (Å²) in [4.78, 5) is 4.06. The Balaban J connectivity index is 2.35. The Labute approximate surface area is 104 Å². The van der Waals surface area contributed by atoms with Gasteiger partial charge < -0.3 is 0 Å². The predicted molar refractivity (Wildman–Crippen MR) is 76.0 cm³/mol. The molecule has 0 bridgehead atoms. The van der Waals surface area contributed by atoms with Gasteiger partial charge in [0.25, 0.3) is 0 Å². The van der Waals surface area contributed by atoms with E-state index in [1.165, 1.54) is 29.2 Å². The first-order chi connectivity index (χ1) is 8.35. The average molecular weight is 223 g/mol. The van der Waals surface area contributed by atoms with Gasteiger partial charge in [0.2, 0.25) is 0 Å². The highest BCUT2D eigenvalue weighted by Gasteiger charge is 2.11. The number of pyridine rings is 1. The molecule has 2 heteroatoms. The third-order valence-electron chi connectivity index (χ3n) is 3.36. The predicted octanol–water partition coefficient (Wildman–Crippen LogP) is 3.49. The quantitative estimate of drug-likeness (QED) is 0.723. The van der Waals surface area contributed by atoms with Gasteiger partial charge in [-0.2, -0.15) is 0 Å². The van der Waals surface area contributed by atoms with Gasteiger partial charge >= 0.3 is 0 Å². The molecule has 0 fully saturated rings. The first-order valence-corrected chi connectivity index (χ1v) is 6.35. The van der Waals surface area contributed by atoms with Crippen LogP contribution in [0.15, 0.2) is 48.8 Å². The molecule has 2 aromatic rings. The molecule has 0 unspecified atom stereocenters. The Bertz CT molecular complexity index is 463. The van der Waals surface area contributed by atoms with E-state index in [1.54, 1.807) is 0 Å². The van der Waals surface area contributed by atoms with Crippen molar-refractivity contribution in [3.05, 3.63) is 48.8 Å². The molecule has 0 spiro atoms. The number of hydrogen-bond acceptors (Lipinski definition) is 1. The van der Waals surface area contributed by atoms with Crippen LogP contribution in [0.4, 0.5) is 0 Å². The van der Waals surface area contributed by atoms with Gasteiger partial charge in [0.05, 0.1) is 0 Å².